The first-order valence-electron chi connectivity index (χ1n) is 5.43. The van der Waals surface area contributed by atoms with Gasteiger partial charge in [0.15, 0.2) is 0 Å². The van der Waals surface area contributed by atoms with E-state index >= 15 is 0 Å². The lowest BCUT2D eigenvalue weighted by atomic mass is 10.2. The highest BCUT2D eigenvalue weighted by atomic mass is 35.5. The number of primary sulfonamides is 1. The standard InChI is InChI=1S/C11H17N3O3S.ClH/c1-8(12)5-11(15)14-7-9-3-2-4-10(6-9)18(13,16)17;/h2-4,6,8H,5,7,12H2,1H3,(H,14,15)(H2,13,16,17);1H. The Morgan fingerprint density at radius 2 is 2.05 bits per heavy atom. The minimum absolute atomic E-state index is 0. The number of sulfonamides is 1. The number of hydrogen-bond acceptors (Lipinski definition) is 4. The lowest BCUT2D eigenvalue weighted by molar-refractivity contribution is -0.121. The van der Waals surface area contributed by atoms with Crippen LogP contribution >= 0.6 is 12.4 Å². The summed E-state index contributed by atoms with van der Waals surface area (Å²) in [6, 6.07) is 5.92. The van der Waals surface area contributed by atoms with Gasteiger partial charge in [0.25, 0.3) is 0 Å². The van der Waals surface area contributed by atoms with E-state index in [0.717, 1.165) is 0 Å². The van der Waals surface area contributed by atoms with E-state index in [0.29, 0.717) is 5.56 Å². The van der Waals surface area contributed by atoms with Gasteiger partial charge in [0.1, 0.15) is 0 Å². The average molecular weight is 308 g/mol. The number of nitrogens with two attached hydrogens (primary N) is 2. The molecule has 0 bridgehead atoms. The van der Waals surface area contributed by atoms with E-state index in [1.54, 1.807) is 19.1 Å². The van der Waals surface area contributed by atoms with Crippen molar-refractivity contribution in [1.29, 1.82) is 0 Å². The fourth-order valence-electron chi connectivity index (χ4n) is 1.40. The summed E-state index contributed by atoms with van der Waals surface area (Å²) >= 11 is 0. The molecule has 1 aromatic rings. The van der Waals surface area contributed by atoms with Gasteiger partial charge in [-0.2, -0.15) is 0 Å². The van der Waals surface area contributed by atoms with Gasteiger partial charge in [-0.1, -0.05) is 12.1 Å². The fraction of sp³-hybridized carbons (Fsp3) is 0.364. The highest BCUT2D eigenvalue weighted by Gasteiger charge is 2.09. The third kappa shape index (κ3) is 6.53. The molecule has 108 valence electrons. The number of benzene rings is 1. The molecule has 0 radical (unpaired) electrons. The van der Waals surface area contributed by atoms with Crippen molar-refractivity contribution >= 4 is 28.3 Å². The van der Waals surface area contributed by atoms with E-state index in [9.17, 15) is 13.2 Å². The molecule has 1 atom stereocenters. The third-order valence-corrected chi connectivity index (χ3v) is 3.14. The summed E-state index contributed by atoms with van der Waals surface area (Å²) in [6.07, 6.45) is 0.231. The topological polar surface area (TPSA) is 115 Å². The van der Waals surface area contributed by atoms with Crippen molar-refractivity contribution in [2.24, 2.45) is 10.9 Å². The lowest BCUT2D eigenvalue weighted by Crippen LogP contribution is -2.29. The summed E-state index contributed by atoms with van der Waals surface area (Å²) in [5, 5.41) is 7.67. The van der Waals surface area contributed by atoms with Gasteiger partial charge in [-0.05, 0) is 24.6 Å². The summed E-state index contributed by atoms with van der Waals surface area (Å²) in [5.41, 5.74) is 6.15. The van der Waals surface area contributed by atoms with E-state index in [-0.39, 0.29) is 42.2 Å². The van der Waals surface area contributed by atoms with Gasteiger partial charge in [-0.15, -0.1) is 12.4 Å². The molecule has 1 aromatic carbocycles. The minimum atomic E-state index is -3.72. The van der Waals surface area contributed by atoms with E-state index in [1.165, 1.54) is 12.1 Å². The van der Waals surface area contributed by atoms with Crippen molar-refractivity contribution < 1.29 is 13.2 Å². The van der Waals surface area contributed by atoms with Crippen LogP contribution in [0.15, 0.2) is 29.2 Å². The second-order valence-corrected chi connectivity index (χ2v) is 5.71. The third-order valence-electron chi connectivity index (χ3n) is 2.22. The number of hydrogen-bond donors (Lipinski definition) is 3. The molecule has 0 saturated heterocycles. The van der Waals surface area contributed by atoms with Crippen LogP contribution in [0, 0.1) is 0 Å². The maximum absolute atomic E-state index is 11.4. The molecule has 0 heterocycles. The Morgan fingerprint density at radius 3 is 2.58 bits per heavy atom. The second-order valence-electron chi connectivity index (χ2n) is 4.15. The quantitative estimate of drug-likeness (QED) is 0.716. The van der Waals surface area contributed by atoms with Gasteiger partial charge in [-0.3, -0.25) is 4.79 Å². The van der Waals surface area contributed by atoms with Crippen LogP contribution in [0.1, 0.15) is 18.9 Å². The molecule has 0 saturated carbocycles. The minimum Gasteiger partial charge on any atom is -0.352 e. The highest BCUT2D eigenvalue weighted by Crippen LogP contribution is 2.09. The molecule has 0 fully saturated rings. The van der Waals surface area contributed by atoms with E-state index in [4.69, 9.17) is 10.9 Å². The maximum Gasteiger partial charge on any atom is 0.238 e. The van der Waals surface area contributed by atoms with Crippen molar-refractivity contribution in [2.45, 2.75) is 30.8 Å². The normalized spacial score (nSPS) is 12.4. The smallest absolute Gasteiger partial charge is 0.238 e. The van der Waals surface area contributed by atoms with Gasteiger partial charge < -0.3 is 11.1 Å². The van der Waals surface area contributed by atoms with Crippen LogP contribution in [0.3, 0.4) is 0 Å². The molecule has 0 aliphatic rings. The predicted octanol–water partition coefficient (Wildman–Crippen LogP) is 0.109. The number of rotatable bonds is 5. The van der Waals surface area contributed by atoms with E-state index in [2.05, 4.69) is 5.32 Å². The van der Waals surface area contributed by atoms with Crippen LogP contribution in [0.25, 0.3) is 0 Å². The van der Waals surface area contributed by atoms with Gasteiger partial charge >= 0.3 is 0 Å². The Kier molecular flexibility index (Phi) is 6.99. The van der Waals surface area contributed by atoms with Crippen molar-refractivity contribution in [1.82, 2.24) is 5.32 Å². The molecule has 0 aliphatic carbocycles. The summed E-state index contributed by atoms with van der Waals surface area (Å²) in [6.45, 7) is 1.98. The molecule has 1 amide bonds. The largest absolute Gasteiger partial charge is 0.352 e. The zero-order chi connectivity index (χ0) is 13.8. The van der Waals surface area contributed by atoms with Crippen LogP contribution in [-0.4, -0.2) is 20.4 Å². The molecule has 0 aromatic heterocycles. The molecule has 6 nitrogen and oxygen atoms in total. The monoisotopic (exact) mass is 307 g/mol. The number of amides is 1. The maximum atomic E-state index is 11.4. The highest BCUT2D eigenvalue weighted by molar-refractivity contribution is 7.89. The number of carbonyl (C=O) groups is 1. The average Bonchev–Trinajstić information content (AvgIpc) is 2.25. The summed E-state index contributed by atoms with van der Waals surface area (Å²) in [5.74, 6) is -0.175. The van der Waals surface area contributed by atoms with Crippen LogP contribution in [0.2, 0.25) is 0 Å². The SMILES string of the molecule is CC(N)CC(=O)NCc1cccc(S(N)(=O)=O)c1.Cl. The fourth-order valence-corrected chi connectivity index (χ4v) is 1.98. The molecule has 8 heteroatoms. The van der Waals surface area contributed by atoms with E-state index < -0.39 is 10.0 Å². The Hall–Kier alpha value is -1.15. The first-order valence-corrected chi connectivity index (χ1v) is 6.97. The molecule has 1 rings (SSSR count). The molecule has 1 unspecified atom stereocenters. The molecule has 0 aliphatic heterocycles. The Labute approximate surface area is 119 Å². The van der Waals surface area contributed by atoms with Gasteiger partial charge in [-0.25, -0.2) is 13.6 Å². The Balaban J connectivity index is 0.00000324. The lowest BCUT2D eigenvalue weighted by Gasteiger charge is -2.08. The van der Waals surface area contributed by atoms with Crippen molar-refractivity contribution in [3.63, 3.8) is 0 Å². The summed E-state index contributed by atoms with van der Waals surface area (Å²) < 4.78 is 22.3. The van der Waals surface area contributed by atoms with Crippen LogP contribution < -0.4 is 16.2 Å². The molecular formula is C11H18ClN3O3S. The summed E-state index contributed by atoms with van der Waals surface area (Å²) in [4.78, 5) is 11.4. The Bertz CT molecular complexity index is 532. The number of nitrogens with one attached hydrogen (secondary N) is 1. The first kappa shape index (κ1) is 17.8. The zero-order valence-corrected chi connectivity index (χ0v) is 12.1. The summed E-state index contributed by atoms with van der Waals surface area (Å²) in [7, 11) is -3.72. The molecular weight excluding hydrogens is 290 g/mol. The van der Waals surface area contributed by atoms with Crippen molar-refractivity contribution in [2.75, 3.05) is 0 Å². The van der Waals surface area contributed by atoms with Crippen molar-refractivity contribution in [3.05, 3.63) is 29.8 Å². The number of carbonyl (C=O) groups excluding carboxylic acids is 1. The number of halogens is 1. The van der Waals surface area contributed by atoms with E-state index in [1.807, 2.05) is 0 Å². The van der Waals surface area contributed by atoms with Gasteiger partial charge in [0, 0.05) is 19.0 Å². The second kappa shape index (κ2) is 7.44. The predicted molar refractivity (Wildman–Crippen MR) is 75.2 cm³/mol. The van der Waals surface area contributed by atoms with Gasteiger partial charge in [0.05, 0.1) is 4.90 Å². The molecule has 19 heavy (non-hydrogen) atoms. The van der Waals surface area contributed by atoms with Crippen molar-refractivity contribution in [3.8, 4) is 0 Å². The van der Waals surface area contributed by atoms with Crippen LogP contribution in [0.5, 0.6) is 0 Å². The van der Waals surface area contributed by atoms with Crippen LogP contribution in [0.4, 0.5) is 0 Å². The first-order chi connectivity index (χ1) is 8.29. The van der Waals surface area contributed by atoms with Crippen LogP contribution in [-0.2, 0) is 21.4 Å². The molecule has 5 N–H and O–H groups in total. The molecule has 0 spiro atoms. The van der Waals surface area contributed by atoms with Gasteiger partial charge in [0.2, 0.25) is 15.9 Å². The Morgan fingerprint density at radius 1 is 1.42 bits per heavy atom. The zero-order valence-electron chi connectivity index (χ0n) is 10.5.